The Morgan fingerprint density at radius 2 is 1.52 bits per heavy atom. The fourth-order valence-corrected chi connectivity index (χ4v) is 12.2. The van der Waals surface area contributed by atoms with Crippen LogP contribution in [0.15, 0.2) is 91.0 Å². The number of thiazole rings is 1. The van der Waals surface area contributed by atoms with E-state index >= 15 is 0 Å². The molecule has 11 nitrogen and oxygen atoms in total. The van der Waals surface area contributed by atoms with Crippen LogP contribution >= 0.6 is 35.3 Å². The van der Waals surface area contributed by atoms with E-state index < -0.39 is 29.3 Å². The normalized spacial score (nSPS) is 18.8. The summed E-state index contributed by atoms with van der Waals surface area (Å²) in [5.41, 5.74) is 7.14. The Hall–Kier alpha value is -5.96. The predicted molar refractivity (Wildman–Crippen MR) is 267 cm³/mol. The van der Waals surface area contributed by atoms with Crippen molar-refractivity contribution in [3.05, 3.63) is 133 Å². The second-order valence-electron chi connectivity index (χ2n) is 18.3. The number of rotatable bonds is 15. The Morgan fingerprint density at radius 1 is 0.894 bits per heavy atom. The van der Waals surface area contributed by atoms with Gasteiger partial charge in [0.25, 0.3) is 5.91 Å². The van der Waals surface area contributed by atoms with Crippen molar-refractivity contribution in [1.29, 1.82) is 5.41 Å². The second-order valence-corrected chi connectivity index (χ2v) is 20.9. The molecule has 66 heavy (non-hydrogen) atoms. The average molecular weight is 943 g/mol. The van der Waals surface area contributed by atoms with Crippen LogP contribution in [-0.2, 0) is 20.9 Å². The minimum absolute atomic E-state index is 0.00131. The van der Waals surface area contributed by atoms with Gasteiger partial charge < -0.3 is 29.2 Å². The minimum atomic E-state index is -1.13. The van der Waals surface area contributed by atoms with E-state index in [0.717, 1.165) is 81.7 Å². The number of nitrogens with zero attached hydrogens (tertiary/aromatic N) is 3. The van der Waals surface area contributed by atoms with E-state index in [1.54, 1.807) is 28.1 Å². The minimum Gasteiger partial charge on any atom is -0.497 e. The van der Waals surface area contributed by atoms with Crippen LogP contribution in [0.4, 0.5) is 11.4 Å². The van der Waals surface area contributed by atoms with Crippen LogP contribution in [0, 0.1) is 16.2 Å². The highest BCUT2D eigenvalue weighted by Gasteiger charge is 2.43. The van der Waals surface area contributed by atoms with Crippen molar-refractivity contribution >= 4 is 91.5 Å². The lowest BCUT2D eigenvalue weighted by Crippen LogP contribution is -2.42. The first-order chi connectivity index (χ1) is 31.5. The van der Waals surface area contributed by atoms with Gasteiger partial charge in [0.15, 0.2) is 0 Å². The molecule has 0 spiro atoms. The van der Waals surface area contributed by atoms with Gasteiger partial charge in [-0.05, 0) is 139 Å². The molecule has 3 aliphatic rings. The third kappa shape index (κ3) is 9.23. The van der Waals surface area contributed by atoms with E-state index in [1.165, 1.54) is 26.4 Å². The molecule has 1 aliphatic carbocycles. The number of carboxylic acid groups (broad SMARTS) is 2. The summed E-state index contributed by atoms with van der Waals surface area (Å²) in [7, 11) is 3.33. The third-order valence-electron chi connectivity index (χ3n) is 13.2. The number of methoxy groups -OCH3 is 2. The summed E-state index contributed by atoms with van der Waals surface area (Å²) in [5.74, 6) is -0.484. The largest absolute Gasteiger partial charge is 0.497 e. The topological polar surface area (TPSA) is 145 Å². The number of hydrogen-bond acceptors (Lipinski definition) is 10. The molecule has 3 N–H and O–H groups in total. The molecule has 2 aliphatic heterocycles. The summed E-state index contributed by atoms with van der Waals surface area (Å²) in [6.45, 7) is 7.02. The second kappa shape index (κ2) is 18.7. The molecule has 1 saturated carbocycles. The van der Waals surface area contributed by atoms with E-state index in [0.29, 0.717) is 38.3 Å². The molecule has 1 saturated heterocycles. The monoisotopic (exact) mass is 942 g/mol. The molecule has 2 fully saturated rings. The molecule has 14 heteroatoms. The van der Waals surface area contributed by atoms with Gasteiger partial charge >= 0.3 is 11.9 Å². The Labute approximate surface area is 398 Å². The molecule has 3 heterocycles. The number of carbonyl (C=O) groups is 3. The zero-order valence-corrected chi connectivity index (χ0v) is 40.4. The fraction of sp³-hybridized carbons (Fsp3) is 0.327. The number of anilines is 2. The van der Waals surface area contributed by atoms with Crippen molar-refractivity contribution in [3.8, 4) is 11.5 Å². The van der Waals surface area contributed by atoms with Crippen LogP contribution in [0.5, 0.6) is 11.5 Å². The molecular weight excluding hydrogens is 889 g/mol. The summed E-state index contributed by atoms with van der Waals surface area (Å²) in [4.78, 5) is 42.6. The zero-order valence-electron chi connectivity index (χ0n) is 37.9. The quantitative estimate of drug-likeness (QED) is 0.0686. The third-order valence-corrected chi connectivity index (χ3v) is 16.0. The first-order valence-electron chi connectivity index (χ1n) is 22.1. The van der Waals surface area contributed by atoms with Gasteiger partial charge in [-0.1, -0.05) is 86.7 Å². The molecular formula is C52H54N4O7S3. The molecule has 8 rings (SSSR count). The molecule has 0 radical (unpaired) electrons. The maximum Gasteiger partial charge on any atom is 0.323 e. The van der Waals surface area contributed by atoms with Gasteiger partial charge in [-0.2, -0.15) is 0 Å². The molecule has 1 amide bonds. The van der Waals surface area contributed by atoms with Crippen molar-refractivity contribution < 1.29 is 34.1 Å². The lowest BCUT2D eigenvalue weighted by atomic mass is 9.72. The highest BCUT2D eigenvalue weighted by molar-refractivity contribution is 8.30. The van der Waals surface area contributed by atoms with E-state index in [9.17, 15) is 30.0 Å². The number of aromatic nitrogens is 1. The number of benzene rings is 4. The summed E-state index contributed by atoms with van der Waals surface area (Å²) in [6, 6.07) is 31.6. The first kappa shape index (κ1) is 46.6. The van der Waals surface area contributed by atoms with Gasteiger partial charge in [0.2, 0.25) is 0 Å². The molecule has 3 atom stereocenters. The fourth-order valence-electron chi connectivity index (χ4n) is 9.70. The van der Waals surface area contributed by atoms with Crippen LogP contribution in [-0.4, -0.2) is 68.7 Å². The van der Waals surface area contributed by atoms with Gasteiger partial charge in [0, 0.05) is 29.9 Å². The van der Waals surface area contributed by atoms with E-state index in [1.807, 2.05) is 50.3 Å². The Balaban J connectivity index is 1.11. The highest BCUT2D eigenvalue weighted by Crippen LogP contribution is 2.52. The van der Waals surface area contributed by atoms with Crippen molar-refractivity contribution in [1.82, 2.24) is 9.47 Å². The van der Waals surface area contributed by atoms with Crippen molar-refractivity contribution in [2.45, 2.75) is 78.3 Å². The number of carbonyl (C=O) groups excluding carboxylic acids is 1. The Kier molecular flexibility index (Phi) is 13.2. The number of aliphatic carboxylic acids is 2. The number of carboxylic acids is 2. The standard InChI is InChI=1S/C52H54N4O7S3/c1-7-52(4,29-51(2,3)49(60)61)30-55-47(59)45(66-50(55)64)48-54(28-44(57)58)46(53)43(65-48)27-32-13-24-42-40(26-32)38-9-8-10-41(38)56(42)35-18-11-31(12-19-35)25-39(33-14-20-36(62-5)21-15-33)34-16-22-37(63-6)23-17-34/h11-27,38,41,53H,7-10,28-30H2,1-6H3,(H,57,58)(H,60,61)/b43-27-,48-45+,53-46?. The van der Waals surface area contributed by atoms with Crippen molar-refractivity contribution in [2.75, 3.05) is 25.7 Å². The number of amides is 1. The van der Waals surface area contributed by atoms with Crippen LogP contribution in [0.2, 0.25) is 0 Å². The maximum atomic E-state index is 14.2. The lowest BCUT2D eigenvalue weighted by Gasteiger charge is -2.37. The van der Waals surface area contributed by atoms with Gasteiger partial charge in [-0.15, -0.1) is 11.3 Å². The molecule has 4 aromatic carbocycles. The van der Waals surface area contributed by atoms with Crippen molar-refractivity contribution in [3.63, 3.8) is 0 Å². The first-order valence-corrected chi connectivity index (χ1v) is 24.1. The van der Waals surface area contributed by atoms with Gasteiger partial charge in [-0.3, -0.25) is 24.7 Å². The zero-order chi connectivity index (χ0) is 47.1. The maximum absolute atomic E-state index is 14.2. The van der Waals surface area contributed by atoms with E-state index in [2.05, 4.69) is 71.6 Å². The molecule has 0 bridgehead atoms. The van der Waals surface area contributed by atoms with E-state index in [-0.39, 0.29) is 22.8 Å². The SMILES string of the molecule is CCC(C)(CN1C(=O)/C(=c2\s/c(=C\c3ccc4c(c3)C3CCCC3N4c3ccc(C=C(c4ccc(OC)cc4)c4ccc(OC)cc4)cc3)c(=N)n2CC(=O)O)SC1=S)CC(C)(C)C(=O)O. The lowest BCUT2D eigenvalue weighted by molar-refractivity contribution is -0.149. The van der Waals surface area contributed by atoms with Gasteiger partial charge in [-0.25, -0.2) is 0 Å². The van der Waals surface area contributed by atoms with Crippen LogP contribution in [0.25, 0.3) is 22.6 Å². The molecule has 5 aromatic rings. The van der Waals surface area contributed by atoms with Crippen molar-refractivity contribution in [2.24, 2.45) is 10.8 Å². The Morgan fingerprint density at radius 3 is 2.09 bits per heavy atom. The predicted octanol–water partition coefficient (Wildman–Crippen LogP) is 9.22. The number of nitrogens with one attached hydrogen (secondary N) is 1. The van der Waals surface area contributed by atoms with Gasteiger partial charge in [0.05, 0.1) is 24.2 Å². The van der Waals surface area contributed by atoms with E-state index in [4.69, 9.17) is 21.7 Å². The Bertz CT molecular complexity index is 2890. The number of thioether (sulfide) groups is 1. The number of hydrogen-bond donors (Lipinski definition) is 3. The van der Waals surface area contributed by atoms with Crippen LogP contribution in [0.1, 0.15) is 93.5 Å². The summed E-state index contributed by atoms with van der Waals surface area (Å²) in [6.07, 6.45) is 8.32. The molecule has 342 valence electrons. The summed E-state index contributed by atoms with van der Waals surface area (Å²) >= 11 is 8.03. The summed E-state index contributed by atoms with van der Waals surface area (Å²) < 4.78 is 13.4. The summed E-state index contributed by atoms with van der Waals surface area (Å²) in [5, 5.41) is 29.0. The number of thiocarbonyl (C=S) groups is 1. The smallest absolute Gasteiger partial charge is 0.323 e. The number of ether oxygens (including phenoxy) is 2. The highest BCUT2D eigenvalue weighted by atomic mass is 32.2. The van der Waals surface area contributed by atoms with Crippen LogP contribution < -0.4 is 29.1 Å². The molecule has 1 aromatic heterocycles. The average Bonchev–Trinajstić information content (AvgIpc) is 4.05. The molecule has 3 unspecified atom stereocenters. The van der Waals surface area contributed by atoms with Gasteiger partial charge in [0.1, 0.15) is 37.4 Å². The number of fused-ring (bicyclic) bond motifs is 3. The van der Waals surface area contributed by atoms with Crippen LogP contribution in [0.3, 0.4) is 0 Å².